The average Bonchev–Trinajstić information content (AvgIpc) is 2.26. The fourth-order valence-electron chi connectivity index (χ4n) is 2.39. The zero-order chi connectivity index (χ0) is 12.9. The Kier molecular flexibility index (Phi) is 4.98. The summed E-state index contributed by atoms with van der Waals surface area (Å²) >= 11 is 0. The lowest BCUT2D eigenvalue weighted by molar-refractivity contribution is -0.159. The van der Waals surface area contributed by atoms with E-state index in [2.05, 4.69) is 0 Å². The van der Waals surface area contributed by atoms with Crippen LogP contribution in [0.1, 0.15) is 51.9 Å². The normalized spacial score (nSPS) is 20.2. The minimum absolute atomic E-state index is 0.373. The van der Waals surface area contributed by atoms with Crippen LogP contribution in [0.3, 0.4) is 0 Å². The maximum atomic E-state index is 12.1. The molecule has 0 saturated heterocycles. The second-order valence-corrected chi connectivity index (χ2v) is 4.53. The standard InChI is InChI=1S/C12H19F3O2/c1-2-17-11(7-4-3-5-8-11)10(16)6-9-12(13,14)15/h2-9H2,1H3. The van der Waals surface area contributed by atoms with E-state index in [1.54, 1.807) is 6.92 Å². The van der Waals surface area contributed by atoms with Crippen molar-refractivity contribution in [3.8, 4) is 0 Å². The van der Waals surface area contributed by atoms with Gasteiger partial charge in [0.2, 0.25) is 0 Å². The molecule has 0 aliphatic heterocycles. The van der Waals surface area contributed by atoms with Crippen molar-refractivity contribution in [2.75, 3.05) is 6.61 Å². The van der Waals surface area contributed by atoms with Crippen molar-refractivity contribution in [3.05, 3.63) is 0 Å². The number of rotatable bonds is 5. The fraction of sp³-hybridized carbons (Fsp3) is 0.917. The molecule has 0 atom stereocenters. The third-order valence-corrected chi connectivity index (χ3v) is 3.23. The molecule has 0 aromatic carbocycles. The van der Waals surface area contributed by atoms with Crippen molar-refractivity contribution in [2.45, 2.75) is 63.6 Å². The second kappa shape index (κ2) is 5.85. The zero-order valence-electron chi connectivity index (χ0n) is 10.1. The third kappa shape index (κ3) is 4.30. The molecule has 0 heterocycles. The molecule has 0 spiro atoms. The van der Waals surface area contributed by atoms with E-state index < -0.39 is 24.6 Å². The Morgan fingerprint density at radius 1 is 1.24 bits per heavy atom. The van der Waals surface area contributed by atoms with E-state index in [0.717, 1.165) is 19.3 Å². The number of carbonyl (C=O) groups excluding carboxylic acids is 1. The number of alkyl halides is 3. The Hall–Kier alpha value is -0.580. The molecule has 5 heteroatoms. The first kappa shape index (κ1) is 14.5. The van der Waals surface area contributed by atoms with Crippen LogP contribution in [0.25, 0.3) is 0 Å². The van der Waals surface area contributed by atoms with Crippen LogP contribution in [0.5, 0.6) is 0 Å². The van der Waals surface area contributed by atoms with Crippen LogP contribution in [-0.2, 0) is 9.53 Å². The molecule has 0 aromatic heterocycles. The minimum Gasteiger partial charge on any atom is -0.368 e. The molecule has 0 radical (unpaired) electrons. The molecular formula is C12H19F3O2. The van der Waals surface area contributed by atoms with Crippen LogP contribution < -0.4 is 0 Å². The summed E-state index contributed by atoms with van der Waals surface area (Å²) in [5.74, 6) is -0.378. The fourth-order valence-corrected chi connectivity index (χ4v) is 2.39. The SMILES string of the molecule is CCOC1(C(=O)CCC(F)(F)F)CCCCC1. The van der Waals surface area contributed by atoms with Crippen LogP contribution in [0, 0.1) is 0 Å². The van der Waals surface area contributed by atoms with E-state index in [0.29, 0.717) is 19.4 Å². The molecule has 2 nitrogen and oxygen atoms in total. The first-order valence-electron chi connectivity index (χ1n) is 6.14. The van der Waals surface area contributed by atoms with Crippen LogP contribution in [-0.4, -0.2) is 24.2 Å². The molecule has 1 rings (SSSR count). The van der Waals surface area contributed by atoms with Gasteiger partial charge in [-0.05, 0) is 19.8 Å². The molecule has 1 aliphatic rings. The predicted octanol–water partition coefficient (Wildman–Crippen LogP) is 3.64. The van der Waals surface area contributed by atoms with Crippen molar-refractivity contribution in [1.82, 2.24) is 0 Å². The first-order valence-corrected chi connectivity index (χ1v) is 6.14. The van der Waals surface area contributed by atoms with Crippen LogP contribution in [0.2, 0.25) is 0 Å². The van der Waals surface area contributed by atoms with Gasteiger partial charge in [0.25, 0.3) is 0 Å². The van der Waals surface area contributed by atoms with E-state index in [1.807, 2.05) is 0 Å². The molecule has 0 unspecified atom stereocenters. The van der Waals surface area contributed by atoms with Crippen molar-refractivity contribution in [1.29, 1.82) is 0 Å². The Bertz CT molecular complexity index is 249. The Morgan fingerprint density at radius 2 is 1.82 bits per heavy atom. The summed E-state index contributed by atoms with van der Waals surface area (Å²) in [6.45, 7) is 2.14. The number of carbonyl (C=O) groups is 1. The molecular weight excluding hydrogens is 233 g/mol. The largest absolute Gasteiger partial charge is 0.389 e. The molecule has 0 amide bonds. The first-order chi connectivity index (χ1) is 7.90. The lowest BCUT2D eigenvalue weighted by atomic mass is 9.80. The van der Waals surface area contributed by atoms with Gasteiger partial charge in [0.1, 0.15) is 5.60 Å². The van der Waals surface area contributed by atoms with Gasteiger partial charge in [-0.3, -0.25) is 4.79 Å². The minimum atomic E-state index is -4.27. The molecule has 0 N–H and O–H groups in total. The van der Waals surface area contributed by atoms with Gasteiger partial charge in [-0.25, -0.2) is 0 Å². The van der Waals surface area contributed by atoms with Crippen LogP contribution in [0.4, 0.5) is 13.2 Å². The molecule has 1 aliphatic carbocycles. The molecule has 0 bridgehead atoms. The molecule has 17 heavy (non-hydrogen) atoms. The summed E-state index contributed by atoms with van der Waals surface area (Å²) < 4.78 is 41.8. The van der Waals surface area contributed by atoms with E-state index in [4.69, 9.17) is 4.74 Å². The summed E-state index contributed by atoms with van der Waals surface area (Å²) in [6.07, 6.45) is -1.88. The molecule has 1 saturated carbocycles. The lowest BCUT2D eigenvalue weighted by Gasteiger charge is -2.35. The van der Waals surface area contributed by atoms with E-state index in [-0.39, 0.29) is 5.78 Å². The second-order valence-electron chi connectivity index (χ2n) is 4.53. The van der Waals surface area contributed by atoms with Gasteiger partial charge in [0, 0.05) is 13.0 Å². The molecule has 100 valence electrons. The highest BCUT2D eigenvalue weighted by Gasteiger charge is 2.41. The topological polar surface area (TPSA) is 26.3 Å². The van der Waals surface area contributed by atoms with Crippen LogP contribution in [0.15, 0.2) is 0 Å². The van der Waals surface area contributed by atoms with E-state index >= 15 is 0 Å². The Balaban J connectivity index is 2.60. The smallest absolute Gasteiger partial charge is 0.368 e. The highest BCUT2D eigenvalue weighted by atomic mass is 19.4. The van der Waals surface area contributed by atoms with Gasteiger partial charge in [0.05, 0.1) is 6.42 Å². The maximum absolute atomic E-state index is 12.1. The van der Waals surface area contributed by atoms with Crippen LogP contribution >= 0.6 is 0 Å². The van der Waals surface area contributed by atoms with Gasteiger partial charge < -0.3 is 4.74 Å². The monoisotopic (exact) mass is 252 g/mol. The van der Waals surface area contributed by atoms with E-state index in [9.17, 15) is 18.0 Å². The van der Waals surface area contributed by atoms with Gasteiger partial charge >= 0.3 is 6.18 Å². The maximum Gasteiger partial charge on any atom is 0.389 e. The highest BCUT2D eigenvalue weighted by Crippen LogP contribution is 2.35. The predicted molar refractivity (Wildman–Crippen MR) is 57.7 cm³/mol. The van der Waals surface area contributed by atoms with Gasteiger partial charge in [-0.15, -0.1) is 0 Å². The van der Waals surface area contributed by atoms with Crippen molar-refractivity contribution < 1.29 is 22.7 Å². The van der Waals surface area contributed by atoms with Gasteiger partial charge in [-0.2, -0.15) is 13.2 Å². The van der Waals surface area contributed by atoms with Gasteiger partial charge in [-0.1, -0.05) is 19.3 Å². The summed E-state index contributed by atoms with van der Waals surface area (Å²) in [4.78, 5) is 11.9. The lowest BCUT2D eigenvalue weighted by Crippen LogP contribution is -2.43. The number of hydrogen-bond acceptors (Lipinski definition) is 2. The summed E-state index contributed by atoms with van der Waals surface area (Å²) in [6, 6.07) is 0. The average molecular weight is 252 g/mol. The molecule has 1 fully saturated rings. The Morgan fingerprint density at radius 3 is 2.29 bits per heavy atom. The van der Waals surface area contributed by atoms with Gasteiger partial charge in [0.15, 0.2) is 5.78 Å². The number of Topliss-reactive ketones (excluding diaryl/α,β-unsaturated/α-hetero) is 1. The van der Waals surface area contributed by atoms with Crippen molar-refractivity contribution in [2.24, 2.45) is 0 Å². The zero-order valence-corrected chi connectivity index (χ0v) is 10.1. The number of ether oxygens (including phenoxy) is 1. The highest BCUT2D eigenvalue weighted by molar-refractivity contribution is 5.87. The number of hydrogen-bond donors (Lipinski definition) is 0. The number of halogens is 3. The Labute approximate surface area is 99.5 Å². The van der Waals surface area contributed by atoms with E-state index in [1.165, 1.54) is 0 Å². The number of ketones is 1. The van der Waals surface area contributed by atoms with Crippen molar-refractivity contribution >= 4 is 5.78 Å². The summed E-state index contributed by atoms with van der Waals surface area (Å²) in [5, 5.41) is 0. The summed E-state index contributed by atoms with van der Waals surface area (Å²) in [5.41, 5.74) is -0.932. The molecule has 0 aromatic rings. The third-order valence-electron chi connectivity index (χ3n) is 3.23. The van der Waals surface area contributed by atoms with Crippen molar-refractivity contribution in [3.63, 3.8) is 0 Å². The summed E-state index contributed by atoms with van der Waals surface area (Å²) in [7, 11) is 0. The quantitative estimate of drug-likeness (QED) is 0.746.